The number of fused-ring (bicyclic) bond motifs is 2. The molecule has 0 aromatic carbocycles. The molecule has 3 atom stereocenters. The third-order valence-electron chi connectivity index (χ3n) is 4.91. The average Bonchev–Trinajstić information content (AvgIpc) is 3.18. The van der Waals surface area contributed by atoms with Gasteiger partial charge in [-0.25, -0.2) is 4.98 Å². The summed E-state index contributed by atoms with van der Waals surface area (Å²) in [7, 11) is 0. The van der Waals surface area contributed by atoms with E-state index in [1.807, 2.05) is 6.07 Å². The van der Waals surface area contributed by atoms with Crippen LogP contribution in [0.4, 0.5) is 4.39 Å². The van der Waals surface area contributed by atoms with E-state index in [2.05, 4.69) is 15.3 Å². The first-order valence-corrected chi connectivity index (χ1v) is 7.79. The fourth-order valence-electron chi connectivity index (χ4n) is 3.74. The van der Waals surface area contributed by atoms with E-state index in [9.17, 15) is 9.18 Å². The molecule has 2 saturated heterocycles. The molecule has 1 amide bonds. The monoisotopic (exact) mass is 312 g/mol. The fraction of sp³-hybridized carbons (Fsp3) is 0.353. The number of carbonyl (C=O) groups is 1. The van der Waals surface area contributed by atoms with Crippen molar-refractivity contribution in [1.82, 2.24) is 15.3 Å². The first-order valence-electron chi connectivity index (χ1n) is 7.79. The van der Waals surface area contributed by atoms with Crippen LogP contribution in [0.15, 0.2) is 30.6 Å². The number of primary amides is 1. The van der Waals surface area contributed by atoms with Gasteiger partial charge in [0.25, 0.3) is 0 Å². The second-order valence-electron chi connectivity index (χ2n) is 6.29. The SMILES string of the molecule is NC(=O)c1ccc(-c2cc([C@H]3C[C@@H]4CC[C@H]3N4)cnc2F)nc1. The summed E-state index contributed by atoms with van der Waals surface area (Å²) < 4.78 is 14.1. The molecule has 3 N–H and O–H groups in total. The van der Waals surface area contributed by atoms with Crippen LogP contribution in [0.1, 0.15) is 41.1 Å². The molecule has 2 aromatic rings. The fourth-order valence-corrected chi connectivity index (χ4v) is 3.74. The van der Waals surface area contributed by atoms with Gasteiger partial charge in [0, 0.05) is 30.4 Å². The van der Waals surface area contributed by atoms with Crippen molar-refractivity contribution in [2.75, 3.05) is 0 Å². The number of nitrogens with one attached hydrogen (secondary N) is 1. The summed E-state index contributed by atoms with van der Waals surface area (Å²) in [6, 6.07) is 6.03. The predicted molar refractivity (Wildman–Crippen MR) is 83.2 cm³/mol. The number of pyridine rings is 2. The second kappa shape index (κ2) is 5.38. The van der Waals surface area contributed by atoms with Crippen molar-refractivity contribution in [3.05, 3.63) is 47.7 Å². The number of amides is 1. The molecule has 23 heavy (non-hydrogen) atoms. The number of rotatable bonds is 3. The third-order valence-corrected chi connectivity index (χ3v) is 4.91. The van der Waals surface area contributed by atoms with Crippen LogP contribution in [0.25, 0.3) is 11.3 Å². The maximum Gasteiger partial charge on any atom is 0.250 e. The highest BCUT2D eigenvalue weighted by Crippen LogP contribution is 2.40. The van der Waals surface area contributed by atoms with Gasteiger partial charge in [0.15, 0.2) is 0 Å². The van der Waals surface area contributed by atoms with Gasteiger partial charge >= 0.3 is 0 Å². The molecule has 5 nitrogen and oxygen atoms in total. The normalized spacial score (nSPS) is 25.7. The lowest BCUT2D eigenvalue weighted by Crippen LogP contribution is -2.21. The zero-order valence-electron chi connectivity index (χ0n) is 12.5. The van der Waals surface area contributed by atoms with E-state index in [1.165, 1.54) is 12.6 Å². The van der Waals surface area contributed by atoms with Gasteiger partial charge in [-0.3, -0.25) is 9.78 Å². The van der Waals surface area contributed by atoms with Gasteiger partial charge in [0.1, 0.15) is 0 Å². The standard InChI is InChI=1S/C17H17FN4O/c18-16-13(14-3-1-9(7-20-14)17(19)23)5-10(8-21-16)12-6-11-2-4-15(12)22-11/h1,3,5,7-8,11-12,15,22H,2,4,6H2,(H2,19,23)/t11-,12+,15+/m0/s1. The molecular formula is C17H17FN4O. The Hall–Kier alpha value is -2.34. The van der Waals surface area contributed by atoms with Crippen LogP contribution in [0, 0.1) is 5.95 Å². The Bertz CT molecular complexity index is 762. The first-order chi connectivity index (χ1) is 11.1. The van der Waals surface area contributed by atoms with Crippen LogP contribution in [0.5, 0.6) is 0 Å². The van der Waals surface area contributed by atoms with Gasteiger partial charge in [-0.1, -0.05) is 0 Å². The van der Waals surface area contributed by atoms with Crippen molar-refractivity contribution in [3.63, 3.8) is 0 Å². The van der Waals surface area contributed by atoms with Crippen LogP contribution in [-0.4, -0.2) is 28.0 Å². The molecule has 4 heterocycles. The van der Waals surface area contributed by atoms with Crippen molar-refractivity contribution in [2.24, 2.45) is 5.73 Å². The molecule has 0 saturated carbocycles. The van der Waals surface area contributed by atoms with E-state index in [0.29, 0.717) is 34.8 Å². The molecule has 0 aliphatic carbocycles. The highest BCUT2D eigenvalue weighted by Gasteiger charge is 2.40. The molecule has 0 radical (unpaired) electrons. The molecule has 4 rings (SSSR count). The van der Waals surface area contributed by atoms with Gasteiger partial charge in [-0.2, -0.15) is 4.39 Å². The highest BCUT2D eigenvalue weighted by atomic mass is 19.1. The predicted octanol–water partition coefficient (Wildman–Crippen LogP) is 1.99. The highest BCUT2D eigenvalue weighted by molar-refractivity contribution is 5.92. The van der Waals surface area contributed by atoms with Crippen molar-refractivity contribution in [1.29, 1.82) is 0 Å². The lowest BCUT2D eigenvalue weighted by molar-refractivity contribution is 0.1000. The number of aromatic nitrogens is 2. The second-order valence-corrected chi connectivity index (χ2v) is 6.29. The number of nitrogens with zero attached hydrogens (tertiary/aromatic N) is 2. The Morgan fingerprint density at radius 1 is 1.26 bits per heavy atom. The van der Waals surface area contributed by atoms with Crippen LogP contribution >= 0.6 is 0 Å². The first kappa shape index (κ1) is 14.3. The Morgan fingerprint density at radius 2 is 2.13 bits per heavy atom. The van der Waals surface area contributed by atoms with E-state index >= 15 is 0 Å². The summed E-state index contributed by atoms with van der Waals surface area (Å²) in [5.41, 5.74) is 7.37. The maximum atomic E-state index is 14.1. The van der Waals surface area contributed by atoms with Crippen LogP contribution in [-0.2, 0) is 0 Å². The lowest BCUT2D eigenvalue weighted by atomic mass is 9.84. The van der Waals surface area contributed by atoms with Crippen molar-refractivity contribution in [2.45, 2.75) is 37.3 Å². The van der Waals surface area contributed by atoms with E-state index in [-0.39, 0.29) is 0 Å². The number of hydrogen-bond donors (Lipinski definition) is 2. The molecular weight excluding hydrogens is 295 g/mol. The topological polar surface area (TPSA) is 80.9 Å². The minimum atomic E-state index is -0.552. The third kappa shape index (κ3) is 2.49. The lowest BCUT2D eigenvalue weighted by Gasteiger charge is -2.20. The van der Waals surface area contributed by atoms with Crippen molar-refractivity contribution < 1.29 is 9.18 Å². The summed E-state index contributed by atoms with van der Waals surface area (Å²) in [5, 5.41) is 3.58. The molecule has 2 bridgehead atoms. The summed E-state index contributed by atoms with van der Waals surface area (Å²) in [6.45, 7) is 0. The van der Waals surface area contributed by atoms with Gasteiger partial charge in [0.2, 0.25) is 11.9 Å². The molecule has 2 aromatic heterocycles. The minimum Gasteiger partial charge on any atom is -0.366 e. The Kier molecular flexibility index (Phi) is 3.34. The van der Waals surface area contributed by atoms with Gasteiger partial charge in [-0.05, 0) is 43.0 Å². The Morgan fingerprint density at radius 3 is 2.74 bits per heavy atom. The summed E-state index contributed by atoms with van der Waals surface area (Å²) >= 11 is 0. The largest absolute Gasteiger partial charge is 0.366 e. The van der Waals surface area contributed by atoms with E-state index in [0.717, 1.165) is 18.4 Å². The maximum absolute atomic E-state index is 14.1. The average molecular weight is 312 g/mol. The minimum absolute atomic E-state index is 0.301. The van der Waals surface area contributed by atoms with E-state index in [4.69, 9.17) is 5.73 Å². The van der Waals surface area contributed by atoms with Crippen molar-refractivity contribution in [3.8, 4) is 11.3 Å². The van der Waals surface area contributed by atoms with Gasteiger partial charge in [-0.15, -0.1) is 0 Å². The van der Waals surface area contributed by atoms with E-state index in [1.54, 1.807) is 18.3 Å². The molecule has 0 spiro atoms. The van der Waals surface area contributed by atoms with Gasteiger partial charge in [0.05, 0.1) is 16.8 Å². The van der Waals surface area contributed by atoms with Crippen LogP contribution in [0.3, 0.4) is 0 Å². The molecule has 2 aliphatic rings. The number of nitrogens with two attached hydrogens (primary N) is 1. The number of hydrogen-bond acceptors (Lipinski definition) is 4. The molecule has 118 valence electrons. The quantitative estimate of drug-likeness (QED) is 0.849. The molecule has 6 heteroatoms. The zero-order valence-corrected chi connectivity index (χ0v) is 12.5. The molecule has 2 fully saturated rings. The summed E-state index contributed by atoms with van der Waals surface area (Å²) in [6.07, 6.45) is 6.45. The summed E-state index contributed by atoms with van der Waals surface area (Å²) in [4.78, 5) is 19.2. The van der Waals surface area contributed by atoms with Crippen LogP contribution in [0.2, 0.25) is 0 Å². The zero-order chi connectivity index (χ0) is 16.0. The Labute approximate surface area is 133 Å². The molecule has 0 unspecified atom stereocenters. The smallest absolute Gasteiger partial charge is 0.250 e. The number of halogens is 1. The molecule has 2 aliphatic heterocycles. The number of carbonyl (C=O) groups excluding carboxylic acids is 1. The Balaban J connectivity index is 1.68. The van der Waals surface area contributed by atoms with Crippen molar-refractivity contribution >= 4 is 5.91 Å². The van der Waals surface area contributed by atoms with E-state index < -0.39 is 11.9 Å². The van der Waals surface area contributed by atoms with Gasteiger partial charge < -0.3 is 11.1 Å². The van der Waals surface area contributed by atoms with Crippen LogP contribution < -0.4 is 11.1 Å². The summed E-state index contributed by atoms with van der Waals surface area (Å²) in [5.74, 6) is -0.723.